The van der Waals surface area contributed by atoms with Crippen molar-refractivity contribution in [2.24, 2.45) is 0 Å². The normalized spacial score (nSPS) is 11.5. The Morgan fingerprint density at radius 3 is 2.70 bits per heavy atom. The summed E-state index contributed by atoms with van der Waals surface area (Å²) in [7, 11) is 0. The van der Waals surface area contributed by atoms with Crippen LogP contribution >= 0.6 is 11.8 Å². The van der Waals surface area contributed by atoms with E-state index in [2.05, 4.69) is 23.2 Å². The Morgan fingerprint density at radius 1 is 1.07 bits per heavy atom. The highest BCUT2D eigenvalue weighted by atomic mass is 32.2. The van der Waals surface area contributed by atoms with E-state index in [9.17, 15) is 4.79 Å². The zero-order valence-electron chi connectivity index (χ0n) is 15.8. The zero-order chi connectivity index (χ0) is 19.0. The fourth-order valence-corrected chi connectivity index (χ4v) is 4.28. The van der Waals surface area contributed by atoms with Gasteiger partial charge in [-0.3, -0.25) is 9.20 Å². The molecule has 0 unspecified atom stereocenters. The molecule has 0 saturated carbocycles. The molecule has 0 N–H and O–H groups in total. The molecule has 2 aromatic heterocycles. The van der Waals surface area contributed by atoms with Gasteiger partial charge in [0, 0.05) is 5.75 Å². The standard InChI is InChI=1S/C21H22N4OS/c1-4-5-12-27-21-23-22-20-24(18-13-14(2)10-11-15(18)3)19(26)16-8-6-7-9-17(16)25(20)21/h6-11,13H,4-5,12H2,1-3H3. The number of aryl methyl sites for hydroxylation is 2. The molecule has 6 heteroatoms. The molecule has 0 aliphatic heterocycles. The van der Waals surface area contributed by atoms with Gasteiger partial charge in [-0.15, -0.1) is 10.2 Å². The Balaban J connectivity index is 2.08. The number of thioether (sulfide) groups is 1. The van der Waals surface area contributed by atoms with Gasteiger partial charge >= 0.3 is 0 Å². The third kappa shape index (κ3) is 3.04. The van der Waals surface area contributed by atoms with Gasteiger partial charge in [0.15, 0.2) is 5.16 Å². The van der Waals surface area contributed by atoms with Gasteiger partial charge in [-0.05, 0) is 49.6 Å². The SMILES string of the molecule is CCCCSc1nnc2n(-c3cc(C)ccc3C)c(=O)c3ccccc3n12. The van der Waals surface area contributed by atoms with Crippen LogP contribution in [0, 0.1) is 13.8 Å². The maximum Gasteiger partial charge on any atom is 0.267 e. The maximum absolute atomic E-state index is 13.4. The van der Waals surface area contributed by atoms with Crippen molar-refractivity contribution in [3.8, 4) is 5.69 Å². The molecular weight excluding hydrogens is 356 g/mol. The molecule has 0 spiro atoms. The van der Waals surface area contributed by atoms with Crippen LogP contribution in [0.5, 0.6) is 0 Å². The van der Waals surface area contributed by atoms with E-state index in [1.807, 2.05) is 54.6 Å². The second kappa shape index (κ2) is 7.19. The molecule has 0 aliphatic carbocycles. The molecule has 138 valence electrons. The van der Waals surface area contributed by atoms with Crippen LogP contribution in [0.1, 0.15) is 30.9 Å². The van der Waals surface area contributed by atoms with E-state index in [0.29, 0.717) is 11.2 Å². The van der Waals surface area contributed by atoms with E-state index in [1.54, 1.807) is 16.3 Å². The number of hydrogen-bond donors (Lipinski definition) is 0. The van der Waals surface area contributed by atoms with Crippen LogP contribution in [-0.2, 0) is 0 Å². The minimum atomic E-state index is -0.0655. The van der Waals surface area contributed by atoms with Crippen molar-refractivity contribution in [3.05, 3.63) is 63.9 Å². The van der Waals surface area contributed by atoms with Gasteiger partial charge < -0.3 is 0 Å². The molecule has 5 nitrogen and oxygen atoms in total. The minimum absolute atomic E-state index is 0.0655. The molecule has 27 heavy (non-hydrogen) atoms. The van der Waals surface area contributed by atoms with Gasteiger partial charge in [0.05, 0.1) is 16.6 Å². The molecule has 2 aromatic carbocycles. The first-order chi connectivity index (χ1) is 13.1. The largest absolute Gasteiger partial charge is 0.268 e. The average Bonchev–Trinajstić information content (AvgIpc) is 3.09. The van der Waals surface area contributed by atoms with Gasteiger partial charge in [0.25, 0.3) is 5.56 Å². The summed E-state index contributed by atoms with van der Waals surface area (Å²) in [5.74, 6) is 1.54. The topological polar surface area (TPSA) is 52.2 Å². The molecule has 0 aliphatic rings. The van der Waals surface area contributed by atoms with Crippen LogP contribution < -0.4 is 5.56 Å². The lowest BCUT2D eigenvalue weighted by molar-refractivity contribution is 0.883. The third-order valence-corrected chi connectivity index (χ3v) is 5.74. The monoisotopic (exact) mass is 378 g/mol. The summed E-state index contributed by atoms with van der Waals surface area (Å²) in [5.41, 5.74) is 3.77. The lowest BCUT2D eigenvalue weighted by Crippen LogP contribution is -2.22. The molecular formula is C21H22N4OS. The van der Waals surface area contributed by atoms with Gasteiger partial charge in [0.1, 0.15) is 0 Å². The fraction of sp³-hybridized carbons (Fsp3) is 0.286. The van der Waals surface area contributed by atoms with Crippen molar-refractivity contribution < 1.29 is 0 Å². The fourth-order valence-electron chi connectivity index (χ4n) is 3.26. The predicted octanol–water partition coefficient (Wildman–Crippen LogP) is 4.54. The summed E-state index contributed by atoms with van der Waals surface area (Å²) in [6.07, 6.45) is 2.26. The molecule has 0 atom stereocenters. The van der Waals surface area contributed by atoms with Crippen molar-refractivity contribution in [2.75, 3.05) is 5.75 Å². The molecule has 0 bridgehead atoms. The van der Waals surface area contributed by atoms with Crippen LogP contribution in [0.2, 0.25) is 0 Å². The Morgan fingerprint density at radius 2 is 1.89 bits per heavy atom. The van der Waals surface area contributed by atoms with E-state index in [4.69, 9.17) is 0 Å². The molecule has 0 saturated heterocycles. The molecule has 2 heterocycles. The zero-order valence-corrected chi connectivity index (χ0v) is 16.6. The number of rotatable bonds is 5. The Bertz CT molecular complexity index is 1190. The summed E-state index contributed by atoms with van der Waals surface area (Å²) in [6.45, 7) is 6.22. The van der Waals surface area contributed by atoms with Gasteiger partial charge in [0.2, 0.25) is 5.78 Å². The first-order valence-corrected chi connectivity index (χ1v) is 10.2. The van der Waals surface area contributed by atoms with Gasteiger partial charge in [-0.2, -0.15) is 0 Å². The van der Waals surface area contributed by atoms with Crippen LogP contribution in [0.4, 0.5) is 0 Å². The van der Waals surface area contributed by atoms with Crippen LogP contribution in [0.3, 0.4) is 0 Å². The van der Waals surface area contributed by atoms with E-state index in [-0.39, 0.29) is 5.56 Å². The number of benzene rings is 2. The molecule has 4 aromatic rings. The van der Waals surface area contributed by atoms with E-state index < -0.39 is 0 Å². The van der Waals surface area contributed by atoms with Crippen LogP contribution in [0.25, 0.3) is 22.4 Å². The smallest absolute Gasteiger partial charge is 0.267 e. The minimum Gasteiger partial charge on any atom is -0.268 e. The number of hydrogen-bond acceptors (Lipinski definition) is 4. The lowest BCUT2D eigenvalue weighted by Gasteiger charge is -2.14. The van der Waals surface area contributed by atoms with Crippen molar-refractivity contribution in [2.45, 2.75) is 38.8 Å². The summed E-state index contributed by atoms with van der Waals surface area (Å²) in [5, 5.41) is 10.3. The van der Waals surface area contributed by atoms with Crippen molar-refractivity contribution >= 4 is 28.4 Å². The Labute approximate surface area is 162 Å². The van der Waals surface area contributed by atoms with E-state index >= 15 is 0 Å². The maximum atomic E-state index is 13.4. The third-order valence-electron chi connectivity index (χ3n) is 4.73. The number of nitrogens with zero attached hydrogens (tertiary/aromatic N) is 4. The molecule has 0 amide bonds. The average molecular weight is 379 g/mol. The summed E-state index contributed by atoms with van der Waals surface area (Å²) in [6, 6.07) is 13.8. The summed E-state index contributed by atoms with van der Waals surface area (Å²) in [4.78, 5) is 13.4. The van der Waals surface area contributed by atoms with Crippen molar-refractivity contribution in [1.82, 2.24) is 19.2 Å². The highest BCUT2D eigenvalue weighted by Gasteiger charge is 2.18. The predicted molar refractivity (Wildman–Crippen MR) is 111 cm³/mol. The number of fused-ring (bicyclic) bond motifs is 3. The van der Waals surface area contributed by atoms with Crippen LogP contribution in [0.15, 0.2) is 52.4 Å². The molecule has 0 fully saturated rings. The Hall–Kier alpha value is -2.60. The number of para-hydroxylation sites is 1. The summed E-state index contributed by atoms with van der Waals surface area (Å²) < 4.78 is 3.71. The summed E-state index contributed by atoms with van der Waals surface area (Å²) >= 11 is 1.69. The molecule has 4 rings (SSSR count). The van der Waals surface area contributed by atoms with Crippen LogP contribution in [-0.4, -0.2) is 24.9 Å². The Kier molecular flexibility index (Phi) is 4.74. The lowest BCUT2D eigenvalue weighted by atomic mass is 10.1. The number of unbranched alkanes of at least 4 members (excludes halogenated alkanes) is 1. The number of aromatic nitrogens is 4. The van der Waals surface area contributed by atoms with Crippen molar-refractivity contribution in [3.63, 3.8) is 0 Å². The van der Waals surface area contributed by atoms with E-state index in [1.165, 1.54) is 0 Å². The van der Waals surface area contributed by atoms with Gasteiger partial charge in [-0.25, -0.2) is 4.57 Å². The quantitative estimate of drug-likeness (QED) is 0.378. The van der Waals surface area contributed by atoms with Gasteiger partial charge in [-0.1, -0.05) is 49.4 Å². The highest BCUT2D eigenvalue weighted by Crippen LogP contribution is 2.25. The second-order valence-electron chi connectivity index (χ2n) is 6.77. The highest BCUT2D eigenvalue weighted by molar-refractivity contribution is 7.99. The molecule has 0 radical (unpaired) electrons. The second-order valence-corrected chi connectivity index (χ2v) is 7.83. The first-order valence-electron chi connectivity index (χ1n) is 9.21. The first kappa shape index (κ1) is 17.8. The van der Waals surface area contributed by atoms with Crippen molar-refractivity contribution in [1.29, 1.82) is 0 Å². The van der Waals surface area contributed by atoms with E-state index in [0.717, 1.165) is 46.1 Å².